The molecule has 1 rings (SSSR count). The van der Waals surface area contributed by atoms with E-state index in [2.05, 4.69) is 20.7 Å². The Hall–Kier alpha value is -1.29. The van der Waals surface area contributed by atoms with Crippen LogP contribution in [0.4, 0.5) is 0 Å². The first kappa shape index (κ1) is 13.8. The van der Waals surface area contributed by atoms with Gasteiger partial charge in [-0.3, -0.25) is 0 Å². The molecule has 1 aromatic rings. The summed E-state index contributed by atoms with van der Waals surface area (Å²) < 4.78 is 11.1. The SMILES string of the molecule is CCCOc1ccc(Br)cc1/C=C/C(=O)OC. The maximum Gasteiger partial charge on any atom is 0.330 e. The number of esters is 1. The second-order valence-corrected chi connectivity index (χ2v) is 4.30. The Kier molecular flexibility index (Phi) is 5.77. The fourth-order valence-corrected chi connectivity index (χ4v) is 1.60. The zero-order chi connectivity index (χ0) is 12.7. The molecule has 0 saturated carbocycles. The number of halogens is 1. The molecule has 0 aromatic heterocycles. The van der Waals surface area contributed by atoms with E-state index in [0.29, 0.717) is 6.61 Å². The highest BCUT2D eigenvalue weighted by Crippen LogP contribution is 2.24. The molecule has 0 aliphatic rings. The summed E-state index contributed by atoms with van der Waals surface area (Å²) in [5.74, 6) is 0.377. The van der Waals surface area contributed by atoms with Crippen molar-refractivity contribution in [2.45, 2.75) is 13.3 Å². The summed E-state index contributed by atoms with van der Waals surface area (Å²) in [6.45, 7) is 2.70. The average molecular weight is 299 g/mol. The first-order valence-corrected chi connectivity index (χ1v) is 6.15. The monoisotopic (exact) mass is 298 g/mol. The minimum Gasteiger partial charge on any atom is -0.493 e. The van der Waals surface area contributed by atoms with E-state index in [1.165, 1.54) is 13.2 Å². The summed E-state index contributed by atoms with van der Waals surface area (Å²) >= 11 is 3.38. The molecule has 4 heteroatoms. The van der Waals surface area contributed by atoms with Gasteiger partial charge in [0, 0.05) is 16.1 Å². The number of benzene rings is 1. The zero-order valence-corrected chi connectivity index (χ0v) is 11.5. The predicted octanol–water partition coefficient (Wildman–Crippen LogP) is 3.42. The van der Waals surface area contributed by atoms with Gasteiger partial charge in [-0.25, -0.2) is 4.79 Å². The van der Waals surface area contributed by atoms with Crippen LogP contribution in [0.2, 0.25) is 0 Å². The molecule has 0 fully saturated rings. The Balaban J connectivity index is 2.90. The molecule has 92 valence electrons. The summed E-state index contributed by atoms with van der Waals surface area (Å²) in [6.07, 6.45) is 4.00. The number of hydrogen-bond acceptors (Lipinski definition) is 3. The highest BCUT2D eigenvalue weighted by Gasteiger charge is 2.02. The van der Waals surface area contributed by atoms with Crippen LogP contribution in [0.15, 0.2) is 28.7 Å². The van der Waals surface area contributed by atoms with Gasteiger partial charge < -0.3 is 9.47 Å². The lowest BCUT2D eigenvalue weighted by Gasteiger charge is -2.08. The van der Waals surface area contributed by atoms with Gasteiger partial charge in [0.05, 0.1) is 13.7 Å². The van der Waals surface area contributed by atoms with Crippen LogP contribution in [0.5, 0.6) is 5.75 Å². The van der Waals surface area contributed by atoms with Crippen molar-refractivity contribution in [2.24, 2.45) is 0 Å². The Labute approximate surface area is 110 Å². The molecule has 0 amide bonds. The van der Waals surface area contributed by atoms with Crippen LogP contribution in [-0.4, -0.2) is 19.7 Å². The number of carbonyl (C=O) groups excluding carboxylic acids is 1. The van der Waals surface area contributed by atoms with Crippen molar-refractivity contribution < 1.29 is 14.3 Å². The van der Waals surface area contributed by atoms with Gasteiger partial charge in [-0.15, -0.1) is 0 Å². The van der Waals surface area contributed by atoms with Crippen LogP contribution in [0.1, 0.15) is 18.9 Å². The van der Waals surface area contributed by atoms with Gasteiger partial charge in [-0.05, 0) is 30.7 Å². The van der Waals surface area contributed by atoms with Crippen LogP contribution in [0.3, 0.4) is 0 Å². The van der Waals surface area contributed by atoms with E-state index in [0.717, 1.165) is 22.2 Å². The fourth-order valence-electron chi connectivity index (χ4n) is 1.22. The topological polar surface area (TPSA) is 35.5 Å². The first-order chi connectivity index (χ1) is 8.17. The molecule has 3 nitrogen and oxygen atoms in total. The van der Waals surface area contributed by atoms with Gasteiger partial charge in [-0.2, -0.15) is 0 Å². The molecule has 0 atom stereocenters. The summed E-state index contributed by atoms with van der Waals surface area (Å²) in [5, 5.41) is 0. The third-order valence-electron chi connectivity index (χ3n) is 2.03. The fraction of sp³-hybridized carbons (Fsp3) is 0.308. The maximum absolute atomic E-state index is 11.0. The van der Waals surface area contributed by atoms with Gasteiger partial charge in [-0.1, -0.05) is 22.9 Å². The normalized spacial score (nSPS) is 10.5. The van der Waals surface area contributed by atoms with Crippen LogP contribution >= 0.6 is 15.9 Å². The van der Waals surface area contributed by atoms with Gasteiger partial charge in [0.25, 0.3) is 0 Å². The smallest absolute Gasteiger partial charge is 0.330 e. The quantitative estimate of drug-likeness (QED) is 0.617. The number of methoxy groups -OCH3 is 1. The van der Waals surface area contributed by atoms with Crippen molar-refractivity contribution in [1.29, 1.82) is 0 Å². The zero-order valence-electron chi connectivity index (χ0n) is 9.90. The van der Waals surface area contributed by atoms with Gasteiger partial charge in [0.1, 0.15) is 5.75 Å². The van der Waals surface area contributed by atoms with E-state index in [4.69, 9.17) is 4.74 Å². The lowest BCUT2D eigenvalue weighted by molar-refractivity contribution is -0.134. The maximum atomic E-state index is 11.0. The van der Waals surface area contributed by atoms with Crippen LogP contribution in [-0.2, 0) is 9.53 Å². The summed E-state index contributed by atoms with van der Waals surface area (Å²) in [5.41, 5.74) is 0.846. The highest BCUT2D eigenvalue weighted by molar-refractivity contribution is 9.10. The van der Waals surface area contributed by atoms with Gasteiger partial charge in [0.2, 0.25) is 0 Å². The van der Waals surface area contributed by atoms with E-state index in [1.54, 1.807) is 6.08 Å². The van der Waals surface area contributed by atoms with Crippen LogP contribution in [0, 0.1) is 0 Å². The largest absolute Gasteiger partial charge is 0.493 e. The molecule has 0 unspecified atom stereocenters. The molecule has 0 bridgehead atoms. The second-order valence-electron chi connectivity index (χ2n) is 3.39. The minimum atomic E-state index is -0.383. The number of carbonyl (C=O) groups is 1. The lowest BCUT2D eigenvalue weighted by atomic mass is 10.2. The van der Waals surface area contributed by atoms with Crippen LogP contribution < -0.4 is 4.74 Å². The molecular formula is C13H15BrO3. The molecule has 0 spiro atoms. The summed E-state index contributed by atoms with van der Waals surface area (Å²) in [7, 11) is 1.35. The summed E-state index contributed by atoms with van der Waals surface area (Å²) in [4.78, 5) is 11.0. The molecule has 0 radical (unpaired) electrons. The molecule has 1 aromatic carbocycles. The van der Waals surface area contributed by atoms with Crippen molar-refractivity contribution >= 4 is 28.0 Å². The molecule has 0 heterocycles. The Morgan fingerprint density at radius 1 is 1.47 bits per heavy atom. The summed E-state index contributed by atoms with van der Waals surface area (Å²) in [6, 6.07) is 5.67. The van der Waals surface area contributed by atoms with E-state index in [1.807, 2.05) is 25.1 Å². The number of rotatable bonds is 5. The first-order valence-electron chi connectivity index (χ1n) is 5.35. The predicted molar refractivity (Wildman–Crippen MR) is 71.0 cm³/mol. The number of ether oxygens (including phenoxy) is 2. The third-order valence-corrected chi connectivity index (χ3v) is 2.53. The van der Waals surface area contributed by atoms with E-state index in [-0.39, 0.29) is 5.97 Å². The lowest BCUT2D eigenvalue weighted by Crippen LogP contribution is -1.97. The second kappa shape index (κ2) is 7.12. The van der Waals surface area contributed by atoms with E-state index >= 15 is 0 Å². The van der Waals surface area contributed by atoms with Crippen molar-refractivity contribution in [2.75, 3.05) is 13.7 Å². The highest BCUT2D eigenvalue weighted by atomic mass is 79.9. The Morgan fingerprint density at radius 2 is 2.24 bits per heavy atom. The van der Waals surface area contributed by atoms with Crippen molar-refractivity contribution in [3.05, 3.63) is 34.3 Å². The van der Waals surface area contributed by atoms with E-state index in [9.17, 15) is 4.79 Å². The molecule has 0 saturated heterocycles. The van der Waals surface area contributed by atoms with Gasteiger partial charge in [0.15, 0.2) is 0 Å². The number of hydrogen-bond donors (Lipinski definition) is 0. The molecule has 0 aliphatic carbocycles. The Morgan fingerprint density at radius 3 is 2.88 bits per heavy atom. The molecular weight excluding hydrogens is 284 g/mol. The third kappa shape index (κ3) is 4.61. The average Bonchev–Trinajstić information content (AvgIpc) is 2.34. The standard InChI is InChI=1S/C13H15BrO3/c1-3-8-17-12-6-5-11(14)9-10(12)4-7-13(15)16-2/h4-7,9H,3,8H2,1-2H3/b7-4+. The Bertz CT molecular complexity index is 413. The van der Waals surface area contributed by atoms with Crippen LogP contribution in [0.25, 0.3) is 6.08 Å². The van der Waals surface area contributed by atoms with Crippen molar-refractivity contribution in [3.63, 3.8) is 0 Å². The van der Waals surface area contributed by atoms with Crippen molar-refractivity contribution in [3.8, 4) is 5.75 Å². The molecule has 0 N–H and O–H groups in total. The molecule has 0 aliphatic heterocycles. The van der Waals surface area contributed by atoms with E-state index < -0.39 is 0 Å². The minimum absolute atomic E-state index is 0.383. The van der Waals surface area contributed by atoms with Gasteiger partial charge >= 0.3 is 5.97 Å². The molecule has 17 heavy (non-hydrogen) atoms. The van der Waals surface area contributed by atoms with Crippen molar-refractivity contribution in [1.82, 2.24) is 0 Å².